The van der Waals surface area contributed by atoms with E-state index < -0.39 is 12.2 Å². The number of nitrogens with zero attached hydrogens (tertiary/aromatic N) is 1. The van der Waals surface area contributed by atoms with Gasteiger partial charge in [0.1, 0.15) is 11.9 Å². The lowest BCUT2D eigenvalue weighted by Gasteiger charge is -2.16. The molecule has 3 N–H and O–H groups in total. The standard InChI is InChI=1S/C10H10ClNO3/c11-8-5-6(13)1-2-7(8)10(15)9(14)3-4-12/h1-2,5,9-10,13-15H,3H2. The average molecular weight is 228 g/mol. The first-order valence-electron chi connectivity index (χ1n) is 4.27. The van der Waals surface area contributed by atoms with E-state index in [4.69, 9.17) is 22.0 Å². The summed E-state index contributed by atoms with van der Waals surface area (Å²) in [5.74, 6) is -0.0225. The molecule has 2 unspecified atom stereocenters. The van der Waals surface area contributed by atoms with Gasteiger partial charge in [-0.2, -0.15) is 5.26 Å². The molecule has 4 nitrogen and oxygen atoms in total. The van der Waals surface area contributed by atoms with E-state index in [-0.39, 0.29) is 22.8 Å². The van der Waals surface area contributed by atoms with E-state index in [1.54, 1.807) is 6.07 Å². The fraction of sp³-hybridized carbons (Fsp3) is 0.300. The second-order valence-electron chi connectivity index (χ2n) is 3.08. The molecule has 0 aliphatic heterocycles. The Kier molecular flexibility index (Phi) is 3.92. The zero-order chi connectivity index (χ0) is 11.4. The lowest BCUT2D eigenvalue weighted by Crippen LogP contribution is -2.17. The minimum Gasteiger partial charge on any atom is -0.508 e. The van der Waals surface area contributed by atoms with Gasteiger partial charge in [-0.15, -0.1) is 0 Å². The minimum atomic E-state index is -1.22. The number of aromatic hydroxyl groups is 1. The number of phenols is 1. The summed E-state index contributed by atoms with van der Waals surface area (Å²) in [7, 11) is 0. The highest BCUT2D eigenvalue weighted by Crippen LogP contribution is 2.29. The summed E-state index contributed by atoms with van der Waals surface area (Å²) >= 11 is 5.75. The molecule has 15 heavy (non-hydrogen) atoms. The van der Waals surface area contributed by atoms with Crippen molar-refractivity contribution in [1.82, 2.24) is 0 Å². The first-order chi connectivity index (χ1) is 7.06. The van der Waals surface area contributed by atoms with E-state index in [1.807, 2.05) is 0 Å². The van der Waals surface area contributed by atoms with Gasteiger partial charge < -0.3 is 15.3 Å². The third kappa shape index (κ3) is 2.83. The van der Waals surface area contributed by atoms with Crippen LogP contribution in [0.3, 0.4) is 0 Å². The van der Waals surface area contributed by atoms with Gasteiger partial charge in [-0.3, -0.25) is 0 Å². The van der Waals surface area contributed by atoms with Crippen LogP contribution in [-0.4, -0.2) is 21.4 Å². The summed E-state index contributed by atoms with van der Waals surface area (Å²) in [6.07, 6.45) is -2.59. The summed E-state index contributed by atoms with van der Waals surface area (Å²) in [6.45, 7) is 0. The summed E-state index contributed by atoms with van der Waals surface area (Å²) in [5, 5.41) is 36.6. The van der Waals surface area contributed by atoms with Gasteiger partial charge in [0, 0.05) is 5.56 Å². The molecule has 2 atom stereocenters. The molecule has 0 amide bonds. The largest absolute Gasteiger partial charge is 0.508 e. The molecule has 0 saturated heterocycles. The monoisotopic (exact) mass is 227 g/mol. The molecule has 5 heteroatoms. The summed E-state index contributed by atoms with van der Waals surface area (Å²) in [5.41, 5.74) is 0.289. The highest BCUT2D eigenvalue weighted by atomic mass is 35.5. The number of hydrogen-bond donors (Lipinski definition) is 3. The number of halogens is 1. The Balaban J connectivity index is 2.91. The van der Waals surface area contributed by atoms with Crippen LogP contribution < -0.4 is 0 Å². The molecule has 1 aromatic carbocycles. The number of aliphatic hydroxyl groups is 2. The maximum absolute atomic E-state index is 9.62. The second kappa shape index (κ2) is 4.99. The molecular weight excluding hydrogens is 218 g/mol. The minimum absolute atomic E-state index is 0.0225. The molecule has 0 spiro atoms. The number of hydrogen-bond acceptors (Lipinski definition) is 4. The van der Waals surface area contributed by atoms with Crippen molar-refractivity contribution in [3.05, 3.63) is 28.8 Å². The van der Waals surface area contributed by atoms with Gasteiger partial charge >= 0.3 is 0 Å². The topological polar surface area (TPSA) is 84.5 Å². The maximum atomic E-state index is 9.62. The van der Waals surface area contributed by atoms with Crippen molar-refractivity contribution < 1.29 is 15.3 Å². The molecule has 0 heterocycles. The zero-order valence-electron chi connectivity index (χ0n) is 7.76. The third-order valence-electron chi connectivity index (χ3n) is 1.97. The summed E-state index contributed by atoms with van der Waals surface area (Å²) < 4.78 is 0. The van der Waals surface area contributed by atoms with Gasteiger partial charge in [0.05, 0.1) is 23.6 Å². The highest BCUT2D eigenvalue weighted by molar-refractivity contribution is 6.31. The van der Waals surface area contributed by atoms with E-state index in [9.17, 15) is 10.2 Å². The van der Waals surface area contributed by atoms with Crippen LogP contribution in [0.2, 0.25) is 5.02 Å². The van der Waals surface area contributed by atoms with E-state index >= 15 is 0 Å². The molecule has 0 bridgehead atoms. The number of nitriles is 1. The zero-order valence-corrected chi connectivity index (χ0v) is 8.52. The van der Waals surface area contributed by atoms with Crippen molar-refractivity contribution in [2.75, 3.05) is 0 Å². The fourth-order valence-electron chi connectivity index (χ4n) is 1.17. The molecule has 0 aliphatic rings. The molecule has 0 aromatic heterocycles. The summed E-state index contributed by atoms with van der Waals surface area (Å²) in [4.78, 5) is 0. The predicted octanol–water partition coefficient (Wildman–Crippen LogP) is 1.35. The van der Waals surface area contributed by atoms with Crippen LogP contribution >= 0.6 is 11.6 Å². The quantitative estimate of drug-likeness (QED) is 0.728. The molecule has 1 aromatic rings. The first kappa shape index (κ1) is 11.8. The van der Waals surface area contributed by atoms with Crippen molar-refractivity contribution in [3.8, 4) is 11.8 Å². The van der Waals surface area contributed by atoms with E-state index in [0.717, 1.165) is 0 Å². The van der Waals surface area contributed by atoms with Crippen LogP contribution in [0.4, 0.5) is 0 Å². The number of phenolic OH excluding ortho intramolecular Hbond substituents is 1. The molecule has 0 radical (unpaired) electrons. The lowest BCUT2D eigenvalue weighted by molar-refractivity contribution is 0.0217. The Morgan fingerprint density at radius 3 is 2.60 bits per heavy atom. The van der Waals surface area contributed by atoms with Crippen molar-refractivity contribution in [3.63, 3.8) is 0 Å². The Bertz CT molecular complexity index is 389. The van der Waals surface area contributed by atoms with Gasteiger partial charge in [0.25, 0.3) is 0 Å². The second-order valence-corrected chi connectivity index (χ2v) is 3.49. The van der Waals surface area contributed by atoms with Crippen LogP contribution in [0.5, 0.6) is 5.75 Å². The number of rotatable bonds is 3. The average Bonchev–Trinajstić information content (AvgIpc) is 2.17. The van der Waals surface area contributed by atoms with Crippen LogP contribution in [0.1, 0.15) is 18.1 Å². The molecular formula is C10H10ClNO3. The van der Waals surface area contributed by atoms with Crippen molar-refractivity contribution in [1.29, 1.82) is 5.26 Å². The third-order valence-corrected chi connectivity index (χ3v) is 2.29. The van der Waals surface area contributed by atoms with Gasteiger partial charge in [-0.1, -0.05) is 17.7 Å². The smallest absolute Gasteiger partial charge is 0.117 e. The number of aliphatic hydroxyl groups excluding tert-OH is 2. The number of benzene rings is 1. The van der Waals surface area contributed by atoms with Gasteiger partial charge in [0.2, 0.25) is 0 Å². The Morgan fingerprint density at radius 1 is 1.40 bits per heavy atom. The van der Waals surface area contributed by atoms with Crippen LogP contribution in [0.25, 0.3) is 0 Å². The van der Waals surface area contributed by atoms with Gasteiger partial charge in [0.15, 0.2) is 0 Å². The fourth-order valence-corrected chi connectivity index (χ4v) is 1.45. The van der Waals surface area contributed by atoms with Crippen LogP contribution in [0.15, 0.2) is 18.2 Å². The lowest BCUT2D eigenvalue weighted by atomic mass is 10.0. The SMILES string of the molecule is N#CCC(O)C(O)c1ccc(O)cc1Cl. The van der Waals surface area contributed by atoms with E-state index in [2.05, 4.69) is 0 Å². The molecule has 80 valence electrons. The molecule has 0 saturated carbocycles. The van der Waals surface area contributed by atoms with E-state index in [1.165, 1.54) is 18.2 Å². The van der Waals surface area contributed by atoms with Gasteiger partial charge in [-0.25, -0.2) is 0 Å². The maximum Gasteiger partial charge on any atom is 0.117 e. The van der Waals surface area contributed by atoms with Crippen LogP contribution in [0, 0.1) is 11.3 Å². The summed E-state index contributed by atoms with van der Waals surface area (Å²) in [6, 6.07) is 5.77. The Hall–Kier alpha value is -1.28. The van der Waals surface area contributed by atoms with Crippen LogP contribution in [-0.2, 0) is 0 Å². The van der Waals surface area contributed by atoms with Crippen molar-refractivity contribution in [2.24, 2.45) is 0 Å². The predicted molar refractivity (Wildman–Crippen MR) is 54.3 cm³/mol. The molecule has 1 rings (SSSR count). The van der Waals surface area contributed by atoms with E-state index in [0.29, 0.717) is 0 Å². The Labute approximate surface area is 92.0 Å². The molecule has 0 aliphatic carbocycles. The van der Waals surface area contributed by atoms with Crippen molar-refractivity contribution in [2.45, 2.75) is 18.6 Å². The Morgan fingerprint density at radius 2 is 2.07 bits per heavy atom. The van der Waals surface area contributed by atoms with Gasteiger partial charge in [-0.05, 0) is 12.1 Å². The highest BCUT2D eigenvalue weighted by Gasteiger charge is 2.20. The normalized spacial score (nSPS) is 14.3. The first-order valence-corrected chi connectivity index (χ1v) is 4.65. The van der Waals surface area contributed by atoms with Crippen molar-refractivity contribution >= 4 is 11.6 Å². The molecule has 0 fully saturated rings.